The van der Waals surface area contributed by atoms with Crippen LogP contribution in [-0.4, -0.2) is 23.0 Å². The molecule has 4 heteroatoms. The van der Waals surface area contributed by atoms with Crippen LogP contribution in [0.3, 0.4) is 0 Å². The van der Waals surface area contributed by atoms with Crippen LogP contribution in [0.25, 0.3) is 5.57 Å². The molecule has 0 spiro atoms. The topological polar surface area (TPSA) is 53.1 Å². The summed E-state index contributed by atoms with van der Waals surface area (Å²) in [6, 6.07) is 0.444. The molecule has 0 bridgehead atoms. The van der Waals surface area contributed by atoms with Crippen molar-refractivity contribution in [1.29, 1.82) is 0 Å². The molecule has 1 fully saturated rings. The van der Waals surface area contributed by atoms with Gasteiger partial charge in [0.05, 0.1) is 12.2 Å². The largest absolute Gasteiger partial charge is 0.404 e. The highest BCUT2D eigenvalue weighted by Gasteiger charge is 2.16. The van der Waals surface area contributed by atoms with Crippen molar-refractivity contribution in [2.75, 3.05) is 13.2 Å². The van der Waals surface area contributed by atoms with E-state index in [1.807, 2.05) is 30.0 Å². The third kappa shape index (κ3) is 3.35. The molecule has 0 amide bonds. The maximum Gasteiger partial charge on any atom is 0.0568 e. The summed E-state index contributed by atoms with van der Waals surface area (Å²) in [6.07, 6.45) is 11.4. The molecule has 1 aliphatic heterocycles. The molecule has 102 valence electrons. The Hall–Kier alpha value is -1.81. The fourth-order valence-electron chi connectivity index (χ4n) is 2.19. The number of ether oxygens (including phenoxy) is 1. The molecule has 0 atom stereocenters. The Morgan fingerprint density at radius 1 is 1.53 bits per heavy atom. The smallest absolute Gasteiger partial charge is 0.0568 e. The summed E-state index contributed by atoms with van der Waals surface area (Å²) in [5.41, 5.74) is 8.62. The van der Waals surface area contributed by atoms with Crippen molar-refractivity contribution in [3.63, 3.8) is 0 Å². The summed E-state index contributed by atoms with van der Waals surface area (Å²) in [5, 5.41) is 4.46. The van der Waals surface area contributed by atoms with Crippen molar-refractivity contribution in [1.82, 2.24) is 9.78 Å². The van der Waals surface area contributed by atoms with Gasteiger partial charge in [0, 0.05) is 25.0 Å². The molecule has 2 heterocycles. The number of nitrogens with two attached hydrogens (primary N) is 1. The highest BCUT2D eigenvalue weighted by Crippen LogP contribution is 2.23. The average molecular weight is 259 g/mol. The van der Waals surface area contributed by atoms with E-state index in [0.29, 0.717) is 6.04 Å². The third-order valence-corrected chi connectivity index (χ3v) is 3.37. The Balaban J connectivity index is 2.19. The highest BCUT2D eigenvalue weighted by atomic mass is 16.5. The summed E-state index contributed by atoms with van der Waals surface area (Å²) in [4.78, 5) is 0. The molecule has 0 aliphatic carbocycles. The van der Waals surface area contributed by atoms with Gasteiger partial charge in [-0.2, -0.15) is 5.10 Å². The molecule has 0 aromatic carbocycles. The van der Waals surface area contributed by atoms with Gasteiger partial charge in [-0.3, -0.25) is 4.68 Å². The molecule has 19 heavy (non-hydrogen) atoms. The van der Waals surface area contributed by atoms with E-state index < -0.39 is 0 Å². The van der Waals surface area contributed by atoms with Gasteiger partial charge in [0.2, 0.25) is 0 Å². The van der Waals surface area contributed by atoms with Crippen LogP contribution < -0.4 is 5.73 Å². The first-order valence-corrected chi connectivity index (χ1v) is 6.59. The standard InChI is InChI=1S/C15H21N3O/c1-3-13(8-12(2)9-16)14-10-17-18(11-14)15-4-6-19-7-5-15/h3,8-11,15H,1,4-7,16H2,2H3/b12-9-,13-8+. The number of rotatable bonds is 4. The van der Waals surface area contributed by atoms with Crippen molar-refractivity contribution < 1.29 is 4.74 Å². The average Bonchev–Trinajstić information content (AvgIpc) is 2.95. The first kappa shape index (κ1) is 13.6. The Kier molecular flexibility index (Phi) is 4.58. The quantitative estimate of drug-likeness (QED) is 0.846. The van der Waals surface area contributed by atoms with Gasteiger partial charge in [-0.05, 0) is 43.2 Å². The fourth-order valence-corrected chi connectivity index (χ4v) is 2.19. The minimum absolute atomic E-state index is 0.444. The van der Waals surface area contributed by atoms with Gasteiger partial charge < -0.3 is 10.5 Å². The van der Waals surface area contributed by atoms with Crippen LogP contribution in [0.15, 0.2) is 42.9 Å². The normalized spacial score (nSPS) is 18.6. The predicted molar refractivity (Wildman–Crippen MR) is 77.4 cm³/mol. The van der Waals surface area contributed by atoms with Gasteiger partial charge in [-0.1, -0.05) is 12.7 Å². The van der Waals surface area contributed by atoms with E-state index in [0.717, 1.165) is 42.8 Å². The zero-order valence-electron chi connectivity index (χ0n) is 11.4. The minimum atomic E-state index is 0.444. The summed E-state index contributed by atoms with van der Waals surface area (Å²) in [5.74, 6) is 0. The van der Waals surface area contributed by atoms with Crippen LogP contribution in [-0.2, 0) is 4.74 Å². The van der Waals surface area contributed by atoms with Crippen LogP contribution in [0, 0.1) is 0 Å². The Morgan fingerprint density at radius 2 is 2.26 bits per heavy atom. The first-order valence-electron chi connectivity index (χ1n) is 6.59. The van der Waals surface area contributed by atoms with E-state index in [2.05, 4.69) is 17.9 Å². The van der Waals surface area contributed by atoms with Crippen molar-refractivity contribution in [3.05, 3.63) is 48.5 Å². The lowest BCUT2D eigenvalue weighted by Gasteiger charge is -2.22. The number of hydrogen-bond acceptors (Lipinski definition) is 3. The number of hydrogen-bond donors (Lipinski definition) is 1. The monoisotopic (exact) mass is 259 g/mol. The van der Waals surface area contributed by atoms with Crippen molar-refractivity contribution in [3.8, 4) is 0 Å². The van der Waals surface area contributed by atoms with Crippen LogP contribution >= 0.6 is 0 Å². The van der Waals surface area contributed by atoms with Gasteiger partial charge in [0.15, 0.2) is 0 Å². The Morgan fingerprint density at radius 3 is 2.89 bits per heavy atom. The molecular weight excluding hydrogens is 238 g/mol. The molecule has 2 rings (SSSR count). The molecule has 1 aromatic heterocycles. The van der Waals surface area contributed by atoms with Crippen LogP contribution in [0.2, 0.25) is 0 Å². The molecule has 4 nitrogen and oxygen atoms in total. The molecular formula is C15H21N3O. The molecule has 1 aromatic rings. The second-order valence-electron chi connectivity index (χ2n) is 4.77. The SMILES string of the molecule is C=C/C(=C\C(C)=C/N)c1cnn(C2CCOCC2)c1. The summed E-state index contributed by atoms with van der Waals surface area (Å²) in [6.45, 7) is 7.45. The lowest BCUT2D eigenvalue weighted by Crippen LogP contribution is -2.19. The molecule has 0 radical (unpaired) electrons. The lowest BCUT2D eigenvalue weighted by molar-refractivity contribution is 0.0662. The summed E-state index contributed by atoms with van der Waals surface area (Å²) in [7, 11) is 0. The molecule has 1 saturated heterocycles. The van der Waals surface area contributed by atoms with E-state index in [1.165, 1.54) is 0 Å². The maximum atomic E-state index is 5.50. The van der Waals surface area contributed by atoms with E-state index in [4.69, 9.17) is 10.5 Å². The van der Waals surface area contributed by atoms with Crippen LogP contribution in [0.5, 0.6) is 0 Å². The van der Waals surface area contributed by atoms with Gasteiger partial charge in [-0.15, -0.1) is 0 Å². The number of aromatic nitrogens is 2. The summed E-state index contributed by atoms with van der Waals surface area (Å²) >= 11 is 0. The van der Waals surface area contributed by atoms with Gasteiger partial charge in [0.25, 0.3) is 0 Å². The highest BCUT2D eigenvalue weighted by molar-refractivity contribution is 5.74. The second-order valence-corrected chi connectivity index (χ2v) is 4.77. The zero-order chi connectivity index (χ0) is 13.7. The molecule has 1 aliphatic rings. The van der Waals surface area contributed by atoms with E-state index >= 15 is 0 Å². The van der Waals surface area contributed by atoms with Crippen molar-refractivity contribution in [2.45, 2.75) is 25.8 Å². The van der Waals surface area contributed by atoms with Crippen molar-refractivity contribution >= 4 is 5.57 Å². The zero-order valence-corrected chi connectivity index (χ0v) is 11.4. The lowest BCUT2D eigenvalue weighted by atomic mass is 10.1. The molecule has 2 N–H and O–H groups in total. The maximum absolute atomic E-state index is 5.50. The van der Waals surface area contributed by atoms with E-state index in [9.17, 15) is 0 Å². The van der Waals surface area contributed by atoms with E-state index in [1.54, 1.807) is 6.20 Å². The Labute approximate surface area is 114 Å². The summed E-state index contributed by atoms with van der Waals surface area (Å²) < 4.78 is 7.41. The first-order chi connectivity index (χ1) is 9.24. The van der Waals surface area contributed by atoms with Gasteiger partial charge >= 0.3 is 0 Å². The fraction of sp³-hybridized carbons (Fsp3) is 0.400. The Bertz CT molecular complexity index is 493. The van der Waals surface area contributed by atoms with Crippen molar-refractivity contribution in [2.24, 2.45) is 5.73 Å². The third-order valence-electron chi connectivity index (χ3n) is 3.37. The number of nitrogens with zero attached hydrogens (tertiary/aromatic N) is 2. The van der Waals surface area contributed by atoms with Gasteiger partial charge in [0.1, 0.15) is 0 Å². The molecule has 0 saturated carbocycles. The predicted octanol–water partition coefficient (Wildman–Crippen LogP) is 2.67. The minimum Gasteiger partial charge on any atom is -0.404 e. The molecule has 0 unspecified atom stereocenters. The van der Waals surface area contributed by atoms with Gasteiger partial charge in [-0.25, -0.2) is 0 Å². The van der Waals surface area contributed by atoms with Crippen LogP contribution in [0.1, 0.15) is 31.4 Å². The van der Waals surface area contributed by atoms with Crippen LogP contribution in [0.4, 0.5) is 0 Å². The van der Waals surface area contributed by atoms with E-state index in [-0.39, 0.29) is 0 Å². The number of allylic oxidation sites excluding steroid dienone is 4. The second kappa shape index (κ2) is 6.38.